The highest BCUT2D eigenvalue weighted by Crippen LogP contribution is 2.23. The first kappa shape index (κ1) is 20.6. The van der Waals surface area contributed by atoms with Gasteiger partial charge in [-0.05, 0) is 54.7 Å². The topological polar surface area (TPSA) is 33.7 Å². The summed E-state index contributed by atoms with van der Waals surface area (Å²) in [6, 6.07) is 16.6. The minimum atomic E-state index is 0.220. The van der Waals surface area contributed by atoms with Gasteiger partial charge in [-0.15, -0.1) is 0 Å². The maximum absolute atomic E-state index is 5.86. The number of ether oxygens (including phenoxy) is 2. The molecule has 2 aromatic carbocycles. The molecule has 0 bridgehead atoms. The normalized spacial score (nSPS) is 16.2. The van der Waals surface area contributed by atoms with E-state index in [1.165, 1.54) is 5.56 Å². The van der Waals surface area contributed by atoms with Crippen LogP contribution in [0.25, 0.3) is 0 Å². The lowest BCUT2D eigenvalue weighted by molar-refractivity contribution is 0.0903. The molecule has 0 saturated carbocycles. The molecule has 150 valence electrons. The van der Waals surface area contributed by atoms with Gasteiger partial charge in [0.15, 0.2) is 5.11 Å². The SMILES string of the molecule is COc1ccccc1CN(CC1CCCO1)C(=S)Nc1ccc(C(C)C)cc1. The van der Waals surface area contributed by atoms with Crippen LogP contribution in [0.4, 0.5) is 5.69 Å². The van der Waals surface area contributed by atoms with Gasteiger partial charge < -0.3 is 19.7 Å². The van der Waals surface area contributed by atoms with Crippen LogP contribution >= 0.6 is 12.2 Å². The van der Waals surface area contributed by atoms with Gasteiger partial charge in [0.05, 0.1) is 13.2 Å². The number of nitrogens with one attached hydrogen (secondary N) is 1. The molecule has 0 spiro atoms. The molecule has 1 fully saturated rings. The number of rotatable bonds is 7. The number of benzene rings is 2. The van der Waals surface area contributed by atoms with Gasteiger partial charge in [0.2, 0.25) is 0 Å². The number of para-hydroxylation sites is 1. The molecule has 28 heavy (non-hydrogen) atoms. The van der Waals surface area contributed by atoms with Gasteiger partial charge in [-0.1, -0.05) is 44.2 Å². The number of hydrogen-bond acceptors (Lipinski definition) is 3. The second-order valence-corrected chi connectivity index (χ2v) is 7.92. The van der Waals surface area contributed by atoms with E-state index in [9.17, 15) is 0 Å². The second-order valence-electron chi connectivity index (χ2n) is 7.53. The zero-order valence-electron chi connectivity index (χ0n) is 17.0. The van der Waals surface area contributed by atoms with Crippen LogP contribution in [0.3, 0.4) is 0 Å². The monoisotopic (exact) mass is 398 g/mol. The molecule has 1 unspecified atom stereocenters. The van der Waals surface area contributed by atoms with Crippen molar-refractivity contribution in [3.05, 3.63) is 59.7 Å². The van der Waals surface area contributed by atoms with Crippen molar-refractivity contribution < 1.29 is 9.47 Å². The molecule has 2 aromatic rings. The highest BCUT2D eigenvalue weighted by Gasteiger charge is 2.22. The van der Waals surface area contributed by atoms with Crippen LogP contribution in [0, 0.1) is 0 Å². The Bertz CT molecular complexity index is 770. The molecule has 1 heterocycles. The predicted molar refractivity (Wildman–Crippen MR) is 119 cm³/mol. The molecular formula is C23H30N2O2S. The Balaban J connectivity index is 1.74. The highest BCUT2D eigenvalue weighted by atomic mass is 32.1. The second kappa shape index (κ2) is 9.89. The summed E-state index contributed by atoms with van der Waals surface area (Å²) in [5, 5.41) is 4.11. The van der Waals surface area contributed by atoms with Crippen molar-refractivity contribution in [3.63, 3.8) is 0 Å². The van der Waals surface area contributed by atoms with Crippen molar-refractivity contribution in [1.29, 1.82) is 0 Å². The number of anilines is 1. The zero-order valence-corrected chi connectivity index (χ0v) is 17.8. The van der Waals surface area contributed by atoms with Crippen molar-refractivity contribution in [2.75, 3.05) is 25.6 Å². The van der Waals surface area contributed by atoms with Gasteiger partial charge >= 0.3 is 0 Å². The first-order valence-electron chi connectivity index (χ1n) is 9.96. The molecule has 1 aliphatic rings. The molecule has 1 aliphatic heterocycles. The van der Waals surface area contributed by atoms with Crippen molar-refractivity contribution >= 4 is 23.0 Å². The quantitative estimate of drug-likeness (QED) is 0.649. The molecule has 5 heteroatoms. The van der Waals surface area contributed by atoms with Gasteiger partial charge in [0, 0.05) is 30.9 Å². The Morgan fingerprint density at radius 3 is 2.61 bits per heavy atom. The van der Waals surface area contributed by atoms with Crippen LogP contribution in [-0.2, 0) is 11.3 Å². The Morgan fingerprint density at radius 2 is 1.96 bits per heavy atom. The van der Waals surface area contributed by atoms with E-state index in [0.29, 0.717) is 17.6 Å². The summed E-state index contributed by atoms with van der Waals surface area (Å²) in [4.78, 5) is 2.18. The molecule has 0 amide bonds. The maximum Gasteiger partial charge on any atom is 0.173 e. The van der Waals surface area contributed by atoms with E-state index in [1.807, 2.05) is 18.2 Å². The summed E-state index contributed by atoms with van der Waals surface area (Å²) in [5.41, 5.74) is 3.44. The van der Waals surface area contributed by atoms with E-state index in [0.717, 1.165) is 43.0 Å². The Labute approximate surface area is 173 Å². The largest absolute Gasteiger partial charge is 0.496 e. The van der Waals surface area contributed by atoms with E-state index in [-0.39, 0.29) is 6.10 Å². The lowest BCUT2D eigenvalue weighted by Crippen LogP contribution is -2.39. The third-order valence-electron chi connectivity index (χ3n) is 5.12. The third-order valence-corrected chi connectivity index (χ3v) is 5.48. The number of methoxy groups -OCH3 is 1. The standard InChI is InChI=1S/C23H30N2O2S/c1-17(2)18-10-12-20(13-11-18)24-23(28)25(16-21-8-6-14-27-21)15-19-7-4-5-9-22(19)26-3/h4-5,7,9-13,17,21H,6,8,14-16H2,1-3H3,(H,24,28). The first-order valence-corrected chi connectivity index (χ1v) is 10.4. The lowest BCUT2D eigenvalue weighted by atomic mass is 10.0. The predicted octanol–water partition coefficient (Wildman–Crippen LogP) is 5.20. The van der Waals surface area contributed by atoms with E-state index < -0.39 is 0 Å². The smallest absolute Gasteiger partial charge is 0.173 e. The van der Waals surface area contributed by atoms with E-state index in [4.69, 9.17) is 21.7 Å². The zero-order chi connectivity index (χ0) is 19.9. The summed E-state index contributed by atoms with van der Waals surface area (Å²) in [6.07, 6.45) is 2.41. The molecule has 4 nitrogen and oxygen atoms in total. The summed E-state index contributed by atoms with van der Waals surface area (Å²) in [5.74, 6) is 1.39. The molecule has 0 aromatic heterocycles. The minimum absolute atomic E-state index is 0.220. The van der Waals surface area contributed by atoms with Crippen molar-refractivity contribution in [2.24, 2.45) is 0 Å². The molecule has 1 N–H and O–H groups in total. The van der Waals surface area contributed by atoms with Gasteiger partial charge in [-0.2, -0.15) is 0 Å². The summed E-state index contributed by atoms with van der Waals surface area (Å²) >= 11 is 5.77. The molecule has 1 atom stereocenters. The highest BCUT2D eigenvalue weighted by molar-refractivity contribution is 7.80. The molecule has 1 saturated heterocycles. The minimum Gasteiger partial charge on any atom is -0.496 e. The van der Waals surface area contributed by atoms with Crippen molar-refractivity contribution in [2.45, 2.75) is 45.3 Å². The fraction of sp³-hybridized carbons (Fsp3) is 0.435. The molecule has 3 rings (SSSR count). The molecule has 0 aliphatic carbocycles. The fourth-order valence-electron chi connectivity index (χ4n) is 3.45. The van der Waals surface area contributed by atoms with Crippen LogP contribution < -0.4 is 10.1 Å². The van der Waals surface area contributed by atoms with E-state index >= 15 is 0 Å². The average Bonchev–Trinajstić information content (AvgIpc) is 3.21. The van der Waals surface area contributed by atoms with Crippen LogP contribution in [0.1, 0.15) is 43.7 Å². The Kier molecular flexibility index (Phi) is 7.29. The van der Waals surface area contributed by atoms with Crippen LogP contribution in [0.5, 0.6) is 5.75 Å². The Hall–Kier alpha value is -2.11. The van der Waals surface area contributed by atoms with Crippen LogP contribution in [0.15, 0.2) is 48.5 Å². The number of nitrogens with zero attached hydrogens (tertiary/aromatic N) is 1. The first-order chi connectivity index (χ1) is 13.6. The summed E-state index contributed by atoms with van der Waals surface area (Å²) < 4.78 is 11.4. The van der Waals surface area contributed by atoms with Crippen molar-refractivity contribution in [1.82, 2.24) is 4.90 Å². The van der Waals surface area contributed by atoms with Crippen LogP contribution in [-0.4, -0.2) is 36.4 Å². The lowest BCUT2D eigenvalue weighted by Gasteiger charge is -2.29. The van der Waals surface area contributed by atoms with Gasteiger partial charge in [-0.25, -0.2) is 0 Å². The van der Waals surface area contributed by atoms with E-state index in [1.54, 1.807) is 7.11 Å². The number of hydrogen-bond donors (Lipinski definition) is 1. The van der Waals surface area contributed by atoms with Gasteiger partial charge in [0.25, 0.3) is 0 Å². The van der Waals surface area contributed by atoms with Crippen molar-refractivity contribution in [3.8, 4) is 5.75 Å². The number of thiocarbonyl (C=S) groups is 1. The Morgan fingerprint density at radius 1 is 1.21 bits per heavy atom. The van der Waals surface area contributed by atoms with Crippen LogP contribution in [0.2, 0.25) is 0 Å². The summed E-state index contributed by atoms with van der Waals surface area (Å²) in [7, 11) is 1.70. The average molecular weight is 399 g/mol. The van der Waals surface area contributed by atoms with Gasteiger partial charge in [0.1, 0.15) is 5.75 Å². The molecule has 0 radical (unpaired) electrons. The maximum atomic E-state index is 5.86. The molecular weight excluding hydrogens is 368 g/mol. The third kappa shape index (κ3) is 5.46. The summed E-state index contributed by atoms with van der Waals surface area (Å²) in [6.45, 7) is 6.69. The van der Waals surface area contributed by atoms with Gasteiger partial charge in [-0.3, -0.25) is 0 Å². The fourth-order valence-corrected chi connectivity index (χ4v) is 3.70. The van der Waals surface area contributed by atoms with E-state index in [2.05, 4.69) is 54.4 Å².